The van der Waals surface area contributed by atoms with Crippen LogP contribution in [0.1, 0.15) is 31.5 Å². The maximum Gasteiger partial charge on any atom is 0.229 e. The molecule has 1 atom stereocenters. The SMILES string of the molecule is CCNCc1noc(CC2CCCO2)n1. The van der Waals surface area contributed by atoms with Gasteiger partial charge in [0.05, 0.1) is 19.1 Å². The highest BCUT2D eigenvalue weighted by Crippen LogP contribution is 2.16. The summed E-state index contributed by atoms with van der Waals surface area (Å²) in [5.74, 6) is 1.42. The summed E-state index contributed by atoms with van der Waals surface area (Å²) >= 11 is 0. The van der Waals surface area contributed by atoms with Gasteiger partial charge < -0.3 is 14.6 Å². The van der Waals surface area contributed by atoms with Gasteiger partial charge in [-0.2, -0.15) is 4.98 Å². The average Bonchev–Trinajstić information content (AvgIpc) is 2.87. The van der Waals surface area contributed by atoms with Crippen molar-refractivity contribution < 1.29 is 9.26 Å². The second kappa shape index (κ2) is 5.23. The van der Waals surface area contributed by atoms with Gasteiger partial charge in [-0.25, -0.2) is 0 Å². The normalized spacial score (nSPS) is 21.0. The van der Waals surface area contributed by atoms with Crippen molar-refractivity contribution in [3.63, 3.8) is 0 Å². The fraction of sp³-hybridized carbons (Fsp3) is 0.800. The van der Waals surface area contributed by atoms with Gasteiger partial charge in [0.25, 0.3) is 0 Å². The van der Waals surface area contributed by atoms with Gasteiger partial charge in [0.15, 0.2) is 5.82 Å². The average molecular weight is 211 g/mol. The Bertz CT molecular complexity index is 295. The molecule has 1 saturated heterocycles. The molecule has 1 aromatic rings. The molecule has 84 valence electrons. The molecular formula is C10H17N3O2. The van der Waals surface area contributed by atoms with Crippen LogP contribution in [0, 0.1) is 0 Å². The van der Waals surface area contributed by atoms with E-state index in [0.717, 1.165) is 38.2 Å². The van der Waals surface area contributed by atoms with Crippen LogP contribution in [0.25, 0.3) is 0 Å². The summed E-state index contributed by atoms with van der Waals surface area (Å²) in [6.07, 6.45) is 3.27. The minimum absolute atomic E-state index is 0.275. The fourth-order valence-electron chi connectivity index (χ4n) is 1.68. The molecule has 5 nitrogen and oxygen atoms in total. The molecule has 1 aromatic heterocycles. The zero-order valence-corrected chi connectivity index (χ0v) is 9.03. The quantitative estimate of drug-likeness (QED) is 0.784. The van der Waals surface area contributed by atoms with Gasteiger partial charge in [-0.1, -0.05) is 12.1 Å². The number of aromatic nitrogens is 2. The molecule has 0 saturated carbocycles. The van der Waals surface area contributed by atoms with Crippen molar-refractivity contribution in [3.05, 3.63) is 11.7 Å². The standard InChI is InChI=1S/C10H17N3O2/c1-2-11-7-9-12-10(15-13-9)6-8-4-3-5-14-8/h8,11H,2-7H2,1H3. The van der Waals surface area contributed by atoms with Gasteiger partial charge in [0.1, 0.15) is 0 Å². The van der Waals surface area contributed by atoms with Crippen molar-refractivity contribution in [2.45, 2.75) is 38.8 Å². The van der Waals surface area contributed by atoms with E-state index < -0.39 is 0 Å². The highest BCUT2D eigenvalue weighted by molar-refractivity contribution is 4.88. The smallest absolute Gasteiger partial charge is 0.229 e. The lowest BCUT2D eigenvalue weighted by atomic mass is 10.2. The molecule has 1 aliphatic rings. The van der Waals surface area contributed by atoms with E-state index in [0.29, 0.717) is 12.4 Å². The number of hydrogen-bond acceptors (Lipinski definition) is 5. The Morgan fingerprint density at radius 1 is 1.53 bits per heavy atom. The number of ether oxygens (including phenoxy) is 1. The highest BCUT2D eigenvalue weighted by atomic mass is 16.5. The van der Waals surface area contributed by atoms with Crippen molar-refractivity contribution in [1.82, 2.24) is 15.5 Å². The summed E-state index contributed by atoms with van der Waals surface area (Å²) in [6, 6.07) is 0. The molecule has 0 aromatic carbocycles. The van der Waals surface area contributed by atoms with Crippen molar-refractivity contribution in [1.29, 1.82) is 0 Å². The third-order valence-electron chi connectivity index (χ3n) is 2.47. The second-order valence-electron chi connectivity index (χ2n) is 3.72. The Balaban J connectivity index is 1.83. The van der Waals surface area contributed by atoms with E-state index in [4.69, 9.17) is 9.26 Å². The van der Waals surface area contributed by atoms with Crippen molar-refractivity contribution in [2.24, 2.45) is 0 Å². The molecule has 0 aliphatic carbocycles. The van der Waals surface area contributed by atoms with Gasteiger partial charge in [-0.3, -0.25) is 0 Å². The lowest BCUT2D eigenvalue weighted by Crippen LogP contribution is -2.13. The Kier molecular flexibility index (Phi) is 3.69. The maximum absolute atomic E-state index is 5.50. The van der Waals surface area contributed by atoms with Crippen LogP contribution in [0.15, 0.2) is 4.52 Å². The van der Waals surface area contributed by atoms with E-state index in [1.807, 2.05) is 6.92 Å². The van der Waals surface area contributed by atoms with Gasteiger partial charge in [0, 0.05) is 6.61 Å². The zero-order chi connectivity index (χ0) is 10.5. The fourth-order valence-corrected chi connectivity index (χ4v) is 1.68. The first-order chi connectivity index (χ1) is 7.38. The molecule has 0 bridgehead atoms. The first kappa shape index (κ1) is 10.6. The lowest BCUT2D eigenvalue weighted by Gasteiger charge is -2.03. The molecule has 0 amide bonds. The van der Waals surface area contributed by atoms with E-state index in [1.165, 1.54) is 0 Å². The molecule has 0 radical (unpaired) electrons. The summed E-state index contributed by atoms with van der Waals surface area (Å²) in [5, 5.41) is 7.05. The predicted molar refractivity (Wildman–Crippen MR) is 54.4 cm³/mol. The minimum atomic E-state index is 0.275. The topological polar surface area (TPSA) is 60.2 Å². The van der Waals surface area contributed by atoms with Gasteiger partial charge in [-0.15, -0.1) is 0 Å². The van der Waals surface area contributed by atoms with E-state index in [9.17, 15) is 0 Å². The van der Waals surface area contributed by atoms with Crippen LogP contribution in [0.4, 0.5) is 0 Å². The number of nitrogens with zero attached hydrogens (tertiary/aromatic N) is 2. The first-order valence-corrected chi connectivity index (χ1v) is 5.52. The van der Waals surface area contributed by atoms with Crippen LogP contribution in [-0.2, 0) is 17.7 Å². The Morgan fingerprint density at radius 2 is 2.47 bits per heavy atom. The first-order valence-electron chi connectivity index (χ1n) is 5.52. The molecule has 1 aliphatic heterocycles. The van der Waals surface area contributed by atoms with Crippen LogP contribution < -0.4 is 5.32 Å². The van der Waals surface area contributed by atoms with Crippen molar-refractivity contribution in [2.75, 3.05) is 13.2 Å². The molecule has 1 unspecified atom stereocenters. The second-order valence-corrected chi connectivity index (χ2v) is 3.72. The van der Waals surface area contributed by atoms with Crippen molar-refractivity contribution >= 4 is 0 Å². The molecule has 1 fully saturated rings. The molecular weight excluding hydrogens is 194 g/mol. The molecule has 1 N–H and O–H groups in total. The van der Waals surface area contributed by atoms with E-state index >= 15 is 0 Å². The summed E-state index contributed by atoms with van der Waals surface area (Å²) < 4.78 is 10.6. The number of rotatable bonds is 5. The molecule has 15 heavy (non-hydrogen) atoms. The molecule has 0 spiro atoms. The number of nitrogens with one attached hydrogen (secondary N) is 1. The van der Waals surface area contributed by atoms with Gasteiger partial charge in [-0.05, 0) is 19.4 Å². The minimum Gasteiger partial charge on any atom is -0.378 e. The lowest BCUT2D eigenvalue weighted by molar-refractivity contribution is 0.104. The summed E-state index contributed by atoms with van der Waals surface area (Å²) in [4.78, 5) is 4.29. The Labute approximate surface area is 89.2 Å². The largest absolute Gasteiger partial charge is 0.378 e. The Hall–Kier alpha value is -0.940. The monoisotopic (exact) mass is 211 g/mol. The van der Waals surface area contributed by atoms with E-state index in [1.54, 1.807) is 0 Å². The number of hydrogen-bond donors (Lipinski definition) is 1. The van der Waals surface area contributed by atoms with Crippen LogP contribution >= 0.6 is 0 Å². The van der Waals surface area contributed by atoms with Crippen molar-refractivity contribution in [3.8, 4) is 0 Å². The summed E-state index contributed by atoms with van der Waals surface area (Å²) in [5.41, 5.74) is 0. The van der Waals surface area contributed by atoms with Gasteiger partial charge in [0.2, 0.25) is 5.89 Å². The molecule has 2 heterocycles. The third-order valence-corrected chi connectivity index (χ3v) is 2.47. The van der Waals surface area contributed by atoms with Crippen LogP contribution in [0.2, 0.25) is 0 Å². The van der Waals surface area contributed by atoms with E-state index in [-0.39, 0.29) is 6.10 Å². The van der Waals surface area contributed by atoms with E-state index in [2.05, 4.69) is 15.5 Å². The summed E-state index contributed by atoms with van der Waals surface area (Å²) in [6.45, 7) is 4.50. The summed E-state index contributed by atoms with van der Waals surface area (Å²) in [7, 11) is 0. The zero-order valence-electron chi connectivity index (χ0n) is 9.03. The Morgan fingerprint density at radius 3 is 3.20 bits per heavy atom. The van der Waals surface area contributed by atoms with Crippen LogP contribution in [-0.4, -0.2) is 29.4 Å². The van der Waals surface area contributed by atoms with Crippen LogP contribution in [0.5, 0.6) is 0 Å². The molecule has 2 rings (SSSR count). The third kappa shape index (κ3) is 3.00. The van der Waals surface area contributed by atoms with Crippen LogP contribution in [0.3, 0.4) is 0 Å². The molecule has 5 heteroatoms. The maximum atomic E-state index is 5.50. The van der Waals surface area contributed by atoms with Gasteiger partial charge >= 0.3 is 0 Å². The highest BCUT2D eigenvalue weighted by Gasteiger charge is 2.19. The predicted octanol–water partition coefficient (Wildman–Crippen LogP) is 0.901.